The molecule has 1 nitrogen and oxygen atoms in total. The number of rotatable bonds is 3. The minimum Gasteiger partial charge on any atom is -0.489 e. The van der Waals surface area contributed by atoms with Gasteiger partial charge in [0.15, 0.2) is 0 Å². The Labute approximate surface area is 101 Å². The Morgan fingerprint density at radius 2 is 1.81 bits per heavy atom. The molecule has 0 N–H and O–H groups in total. The number of thiol groups is 1. The van der Waals surface area contributed by atoms with Crippen LogP contribution in [0.2, 0.25) is 0 Å². The predicted molar refractivity (Wildman–Crippen MR) is 69.2 cm³/mol. The summed E-state index contributed by atoms with van der Waals surface area (Å²) in [6.45, 7) is 2.63. The van der Waals surface area contributed by atoms with Crippen molar-refractivity contribution in [1.29, 1.82) is 0 Å². The lowest BCUT2D eigenvalue weighted by Crippen LogP contribution is -1.95. The number of hydrogen-bond donors (Lipinski definition) is 1. The molecule has 0 aliphatic carbocycles. The number of aryl methyl sites for hydroxylation is 1. The van der Waals surface area contributed by atoms with Gasteiger partial charge in [-0.1, -0.05) is 36.4 Å². The van der Waals surface area contributed by atoms with Gasteiger partial charge in [0.05, 0.1) is 0 Å². The first-order valence-electron chi connectivity index (χ1n) is 5.22. The van der Waals surface area contributed by atoms with Crippen LogP contribution in [0.25, 0.3) is 0 Å². The van der Waals surface area contributed by atoms with E-state index in [1.54, 1.807) is 0 Å². The standard InChI is InChI=1S/C14H14OS/c1-11-7-8-13(9-14(11)16)15-10-12-5-3-2-4-6-12/h2-9,16H,10H2,1H3. The molecule has 0 aromatic heterocycles. The summed E-state index contributed by atoms with van der Waals surface area (Å²) >= 11 is 4.37. The average molecular weight is 230 g/mol. The summed E-state index contributed by atoms with van der Waals surface area (Å²) in [4.78, 5) is 0.963. The van der Waals surface area contributed by atoms with E-state index in [1.807, 2.05) is 43.3 Å². The van der Waals surface area contributed by atoms with Crippen molar-refractivity contribution in [3.8, 4) is 5.75 Å². The maximum absolute atomic E-state index is 5.68. The van der Waals surface area contributed by atoms with Crippen LogP contribution in [0.4, 0.5) is 0 Å². The van der Waals surface area contributed by atoms with Crippen LogP contribution in [-0.2, 0) is 6.61 Å². The van der Waals surface area contributed by atoms with Crippen LogP contribution in [0.15, 0.2) is 53.4 Å². The van der Waals surface area contributed by atoms with Crippen LogP contribution in [0.5, 0.6) is 5.75 Å². The normalized spacial score (nSPS) is 10.1. The molecule has 0 heterocycles. The van der Waals surface area contributed by atoms with Gasteiger partial charge < -0.3 is 4.74 Å². The number of hydrogen-bond acceptors (Lipinski definition) is 2. The molecule has 0 saturated heterocycles. The van der Waals surface area contributed by atoms with Gasteiger partial charge in [0.25, 0.3) is 0 Å². The van der Waals surface area contributed by atoms with Crippen molar-refractivity contribution >= 4 is 12.6 Å². The van der Waals surface area contributed by atoms with Gasteiger partial charge in [0.1, 0.15) is 12.4 Å². The summed E-state index contributed by atoms with van der Waals surface area (Å²) in [5.74, 6) is 0.861. The fourth-order valence-electron chi connectivity index (χ4n) is 1.42. The molecule has 16 heavy (non-hydrogen) atoms. The molecule has 0 aliphatic rings. The first kappa shape index (κ1) is 11.1. The average Bonchev–Trinajstić information content (AvgIpc) is 2.32. The van der Waals surface area contributed by atoms with Crippen LogP contribution >= 0.6 is 12.6 Å². The third-order valence-electron chi connectivity index (χ3n) is 2.43. The van der Waals surface area contributed by atoms with Gasteiger partial charge in [-0.15, -0.1) is 12.6 Å². The Morgan fingerprint density at radius 3 is 2.50 bits per heavy atom. The minimum absolute atomic E-state index is 0.594. The molecule has 0 unspecified atom stereocenters. The van der Waals surface area contributed by atoms with Crippen LogP contribution < -0.4 is 4.74 Å². The fraction of sp³-hybridized carbons (Fsp3) is 0.143. The molecule has 0 atom stereocenters. The van der Waals surface area contributed by atoms with E-state index >= 15 is 0 Å². The topological polar surface area (TPSA) is 9.23 Å². The molecule has 0 spiro atoms. The van der Waals surface area contributed by atoms with Crippen molar-refractivity contribution in [1.82, 2.24) is 0 Å². The van der Waals surface area contributed by atoms with E-state index in [-0.39, 0.29) is 0 Å². The quantitative estimate of drug-likeness (QED) is 0.788. The molecule has 0 fully saturated rings. The zero-order valence-corrected chi connectivity index (χ0v) is 10.1. The molecule has 0 bridgehead atoms. The first-order valence-corrected chi connectivity index (χ1v) is 5.67. The van der Waals surface area contributed by atoms with Gasteiger partial charge >= 0.3 is 0 Å². The number of benzene rings is 2. The Bertz CT molecular complexity index is 465. The largest absolute Gasteiger partial charge is 0.489 e. The van der Waals surface area contributed by atoms with E-state index in [1.165, 1.54) is 5.56 Å². The van der Waals surface area contributed by atoms with Crippen molar-refractivity contribution in [3.05, 3.63) is 59.7 Å². The minimum atomic E-state index is 0.594. The number of ether oxygens (including phenoxy) is 1. The molecular weight excluding hydrogens is 216 g/mol. The van der Waals surface area contributed by atoms with Crippen molar-refractivity contribution < 1.29 is 4.74 Å². The van der Waals surface area contributed by atoms with Gasteiger partial charge in [-0.3, -0.25) is 0 Å². The summed E-state index contributed by atoms with van der Waals surface area (Å²) in [6, 6.07) is 16.1. The molecule has 82 valence electrons. The summed E-state index contributed by atoms with van der Waals surface area (Å²) in [5.41, 5.74) is 2.33. The van der Waals surface area contributed by atoms with E-state index in [4.69, 9.17) is 4.74 Å². The summed E-state index contributed by atoms with van der Waals surface area (Å²) < 4.78 is 5.68. The van der Waals surface area contributed by atoms with Gasteiger partial charge in [-0.2, -0.15) is 0 Å². The molecule has 2 rings (SSSR count). The van der Waals surface area contributed by atoms with E-state index in [2.05, 4.69) is 24.8 Å². The zero-order chi connectivity index (χ0) is 11.4. The fourth-order valence-corrected chi connectivity index (χ4v) is 1.62. The highest BCUT2D eigenvalue weighted by Crippen LogP contribution is 2.20. The van der Waals surface area contributed by atoms with Gasteiger partial charge in [-0.25, -0.2) is 0 Å². The third-order valence-corrected chi connectivity index (χ3v) is 2.91. The Balaban J connectivity index is 2.03. The lowest BCUT2D eigenvalue weighted by molar-refractivity contribution is 0.305. The predicted octanol–water partition coefficient (Wildman–Crippen LogP) is 3.86. The highest BCUT2D eigenvalue weighted by Gasteiger charge is 1.98. The third kappa shape index (κ3) is 2.80. The second-order valence-corrected chi connectivity index (χ2v) is 4.20. The molecule has 0 aliphatic heterocycles. The molecule has 2 aromatic rings. The van der Waals surface area contributed by atoms with E-state index in [0.29, 0.717) is 6.61 Å². The summed E-state index contributed by atoms with van der Waals surface area (Å²) in [6.07, 6.45) is 0. The van der Waals surface area contributed by atoms with E-state index < -0.39 is 0 Å². The van der Waals surface area contributed by atoms with Crippen LogP contribution in [0.1, 0.15) is 11.1 Å². The van der Waals surface area contributed by atoms with E-state index in [9.17, 15) is 0 Å². The van der Waals surface area contributed by atoms with Crippen molar-refractivity contribution in [2.45, 2.75) is 18.4 Å². The van der Waals surface area contributed by atoms with Crippen LogP contribution in [0, 0.1) is 6.92 Å². The monoisotopic (exact) mass is 230 g/mol. The van der Waals surface area contributed by atoms with Crippen LogP contribution in [0.3, 0.4) is 0 Å². The van der Waals surface area contributed by atoms with Crippen molar-refractivity contribution in [3.63, 3.8) is 0 Å². The highest BCUT2D eigenvalue weighted by atomic mass is 32.1. The molecule has 2 heteroatoms. The Morgan fingerprint density at radius 1 is 1.06 bits per heavy atom. The van der Waals surface area contributed by atoms with E-state index in [0.717, 1.165) is 16.2 Å². The Kier molecular flexibility index (Phi) is 3.52. The molecular formula is C14H14OS. The van der Waals surface area contributed by atoms with Gasteiger partial charge in [0, 0.05) is 4.90 Å². The van der Waals surface area contributed by atoms with Crippen molar-refractivity contribution in [2.24, 2.45) is 0 Å². The summed E-state index contributed by atoms with van der Waals surface area (Å²) in [5, 5.41) is 0. The summed E-state index contributed by atoms with van der Waals surface area (Å²) in [7, 11) is 0. The lowest BCUT2D eigenvalue weighted by atomic mass is 10.2. The smallest absolute Gasteiger partial charge is 0.120 e. The second kappa shape index (κ2) is 5.08. The molecule has 2 aromatic carbocycles. The second-order valence-electron chi connectivity index (χ2n) is 3.72. The maximum Gasteiger partial charge on any atom is 0.120 e. The zero-order valence-electron chi connectivity index (χ0n) is 9.18. The molecule has 0 saturated carbocycles. The van der Waals surface area contributed by atoms with Crippen molar-refractivity contribution in [2.75, 3.05) is 0 Å². The Hall–Kier alpha value is -1.41. The molecule has 0 amide bonds. The maximum atomic E-state index is 5.68. The van der Waals surface area contributed by atoms with Gasteiger partial charge in [0.2, 0.25) is 0 Å². The SMILES string of the molecule is Cc1ccc(OCc2ccccc2)cc1S. The lowest BCUT2D eigenvalue weighted by Gasteiger charge is -2.07. The molecule has 0 radical (unpaired) electrons. The van der Waals surface area contributed by atoms with Crippen LogP contribution in [-0.4, -0.2) is 0 Å². The van der Waals surface area contributed by atoms with Gasteiger partial charge in [-0.05, 0) is 30.2 Å². The highest BCUT2D eigenvalue weighted by molar-refractivity contribution is 7.80. The first-order chi connectivity index (χ1) is 7.75.